The van der Waals surface area contributed by atoms with Gasteiger partial charge in [0.2, 0.25) is 5.91 Å². The molecule has 0 radical (unpaired) electrons. The van der Waals surface area contributed by atoms with Crippen molar-refractivity contribution in [2.45, 2.75) is 46.1 Å². The first-order valence-electron chi connectivity index (χ1n) is 5.58. The molecule has 94 valence electrons. The van der Waals surface area contributed by atoms with Crippen LogP contribution in [0.3, 0.4) is 0 Å². The molecule has 16 heavy (non-hydrogen) atoms. The number of hydrogen-bond donors (Lipinski definition) is 3. The summed E-state index contributed by atoms with van der Waals surface area (Å²) in [6.45, 7) is 5.81. The smallest absolute Gasteiger partial charge is 0.303 e. The van der Waals surface area contributed by atoms with E-state index in [1.165, 1.54) is 0 Å². The molecular weight excluding hydrogens is 208 g/mol. The highest BCUT2D eigenvalue weighted by Gasteiger charge is 2.30. The molecule has 0 aromatic rings. The van der Waals surface area contributed by atoms with Crippen molar-refractivity contribution in [3.05, 3.63) is 0 Å². The number of nitrogens with two attached hydrogens (primary N) is 1. The summed E-state index contributed by atoms with van der Waals surface area (Å²) < 4.78 is 0. The van der Waals surface area contributed by atoms with Gasteiger partial charge in [-0.3, -0.25) is 9.59 Å². The zero-order valence-corrected chi connectivity index (χ0v) is 10.2. The zero-order valence-electron chi connectivity index (χ0n) is 10.2. The van der Waals surface area contributed by atoms with Gasteiger partial charge in [-0.25, -0.2) is 0 Å². The number of carboxylic acid groups (broad SMARTS) is 1. The van der Waals surface area contributed by atoms with E-state index in [-0.39, 0.29) is 18.4 Å². The van der Waals surface area contributed by atoms with Crippen molar-refractivity contribution in [3.8, 4) is 0 Å². The van der Waals surface area contributed by atoms with Crippen molar-refractivity contribution in [1.29, 1.82) is 0 Å². The van der Waals surface area contributed by atoms with Crippen molar-refractivity contribution in [1.82, 2.24) is 5.32 Å². The molecule has 0 aliphatic carbocycles. The Morgan fingerprint density at radius 2 is 2.06 bits per heavy atom. The topological polar surface area (TPSA) is 92.4 Å². The first-order valence-corrected chi connectivity index (χ1v) is 5.58. The summed E-state index contributed by atoms with van der Waals surface area (Å²) in [4.78, 5) is 22.2. The Bertz CT molecular complexity index is 250. The van der Waals surface area contributed by atoms with Crippen LogP contribution in [0.15, 0.2) is 0 Å². The third-order valence-corrected chi connectivity index (χ3v) is 2.95. The van der Waals surface area contributed by atoms with Gasteiger partial charge in [0.1, 0.15) is 0 Å². The second kappa shape index (κ2) is 6.48. The van der Waals surface area contributed by atoms with Gasteiger partial charge < -0.3 is 16.2 Å². The van der Waals surface area contributed by atoms with E-state index in [4.69, 9.17) is 10.8 Å². The monoisotopic (exact) mass is 230 g/mol. The fraction of sp³-hybridized carbons (Fsp3) is 0.818. The van der Waals surface area contributed by atoms with E-state index in [0.717, 1.165) is 0 Å². The standard InChI is InChI=1S/C11H22N2O3/c1-4-11(3,7-12)10(16)13-8(2)5-6-9(14)15/h8H,4-7,12H2,1-3H3,(H,13,16)(H,14,15). The van der Waals surface area contributed by atoms with E-state index in [9.17, 15) is 9.59 Å². The minimum Gasteiger partial charge on any atom is -0.481 e. The second-order valence-corrected chi connectivity index (χ2v) is 4.43. The number of hydrogen-bond acceptors (Lipinski definition) is 3. The Hall–Kier alpha value is -1.10. The Morgan fingerprint density at radius 3 is 2.44 bits per heavy atom. The van der Waals surface area contributed by atoms with Gasteiger partial charge in [-0.1, -0.05) is 6.92 Å². The Kier molecular flexibility index (Phi) is 6.03. The lowest BCUT2D eigenvalue weighted by Crippen LogP contribution is -2.46. The van der Waals surface area contributed by atoms with Gasteiger partial charge in [0, 0.05) is 19.0 Å². The number of nitrogens with one attached hydrogen (secondary N) is 1. The summed E-state index contributed by atoms with van der Waals surface area (Å²) in [7, 11) is 0. The van der Waals surface area contributed by atoms with E-state index in [2.05, 4.69) is 5.32 Å². The Labute approximate surface area is 96.4 Å². The molecule has 0 aliphatic rings. The predicted molar refractivity (Wildman–Crippen MR) is 61.9 cm³/mol. The van der Waals surface area contributed by atoms with Crippen LogP contribution in [0.25, 0.3) is 0 Å². The minimum absolute atomic E-state index is 0.0624. The quantitative estimate of drug-likeness (QED) is 0.601. The summed E-state index contributed by atoms with van der Waals surface area (Å²) in [6, 6.07) is -0.138. The van der Waals surface area contributed by atoms with Gasteiger partial charge in [-0.15, -0.1) is 0 Å². The highest BCUT2D eigenvalue weighted by Crippen LogP contribution is 2.19. The van der Waals surface area contributed by atoms with E-state index in [1.807, 2.05) is 13.8 Å². The number of carboxylic acids is 1. The van der Waals surface area contributed by atoms with Crippen LogP contribution in [0.4, 0.5) is 0 Å². The molecule has 0 saturated heterocycles. The average molecular weight is 230 g/mol. The number of carbonyl (C=O) groups excluding carboxylic acids is 1. The molecule has 1 amide bonds. The zero-order chi connectivity index (χ0) is 12.8. The highest BCUT2D eigenvalue weighted by molar-refractivity contribution is 5.82. The van der Waals surface area contributed by atoms with Gasteiger partial charge in [0.15, 0.2) is 0 Å². The third-order valence-electron chi connectivity index (χ3n) is 2.95. The Morgan fingerprint density at radius 1 is 1.50 bits per heavy atom. The van der Waals surface area contributed by atoms with Crippen LogP contribution in [-0.2, 0) is 9.59 Å². The van der Waals surface area contributed by atoms with Gasteiger partial charge >= 0.3 is 5.97 Å². The van der Waals surface area contributed by atoms with Gasteiger partial charge in [0.25, 0.3) is 0 Å². The molecule has 4 N–H and O–H groups in total. The maximum absolute atomic E-state index is 11.8. The van der Waals surface area contributed by atoms with Crippen LogP contribution in [0.5, 0.6) is 0 Å². The van der Waals surface area contributed by atoms with E-state index in [1.54, 1.807) is 6.92 Å². The van der Waals surface area contributed by atoms with Gasteiger partial charge in [0.05, 0.1) is 5.41 Å². The van der Waals surface area contributed by atoms with Crippen LogP contribution < -0.4 is 11.1 Å². The van der Waals surface area contributed by atoms with Gasteiger partial charge in [-0.2, -0.15) is 0 Å². The lowest BCUT2D eigenvalue weighted by molar-refractivity contribution is -0.137. The van der Waals surface area contributed by atoms with Crippen LogP contribution in [0.1, 0.15) is 40.0 Å². The summed E-state index contributed by atoms with van der Waals surface area (Å²) >= 11 is 0. The largest absolute Gasteiger partial charge is 0.481 e. The number of rotatable bonds is 7. The molecule has 2 atom stereocenters. The predicted octanol–water partition coefficient (Wildman–Crippen LogP) is 0.731. The molecule has 5 heteroatoms. The maximum Gasteiger partial charge on any atom is 0.303 e. The fourth-order valence-corrected chi connectivity index (χ4v) is 1.21. The number of aliphatic carboxylic acids is 1. The van der Waals surface area contributed by atoms with Crippen LogP contribution >= 0.6 is 0 Å². The number of amides is 1. The molecule has 0 aliphatic heterocycles. The van der Waals surface area contributed by atoms with E-state index >= 15 is 0 Å². The molecule has 5 nitrogen and oxygen atoms in total. The fourth-order valence-electron chi connectivity index (χ4n) is 1.21. The summed E-state index contributed by atoms with van der Waals surface area (Å²) in [6.07, 6.45) is 1.17. The minimum atomic E-state index is -0.849. The summed E-state index contributed by atoms with van der Waals surface area (Å²) in [5.74, 6) is -0.950. The molecule has 0 aromatic heterocycles. The summed E-state index contributed by atoms with van der Waals surface area (Å²) in [5, 5.41) is 11.3. The Balaban J connectivity index is 4.17. The average Bonchev–Trinajstić information content (AvgIpc) is 2.25. The molecule has 2 unspecified atom stereocenters. The SMILES string of the molecule is CCC(C)(CN)C(=O)NC(C)CCC(=O)O. The molecule has 0 saturated carbocycles. The molecule has 0 spiro atoms. The molecular formula is C11H22N2O3. The van der Waals surface area contributed by atoms with Crippen molar-refractivity contribution in [3.63, 3.8) is 0 Å². The molecule has 0 rings (SSSR count). The van der Waals surface area contributed by atoms with Crippen LogP contribution in [-0.4, -0.2) is 29.6 Å². The highest BCUT2D eigenvalue weighted by atomic mass is 16.4. The van der Waals surface area contributed by atoms with Crippen LogP contribution in [0.2, 0.25) is 0 Å². The first kappa shape index (κ1) is 14.9. The van der Waals surface area contributed by atoms with Crippen molar-refractivity contribution < 1.29 is 14.7 Å². The van der Waals surface area contributed by atoms with Crippen molar-refractivity contribution >= 4 is 11.9 Å². The van der Waals surface area contributed by atoms with Gasteiger partial charge in [-0.05, 0) is 26.7 Å². The van der Waals surface area contributed by atoms with Crippen molar-refractivity contribution in [2.24, 2.45) is 11.1 Å². The normalized spacial score (nSPS) is 16.2. The van der Waals surface area contributed by atoms with Crippen LogP contribution in [0, 0.1) is 5.41 Å². The second-order valence-electron chi connectivity index (χ2n) is 4.43. The lowest BCUT2D eigenvalue weighted by atomic mass is 9.86. The van der Waals surface area contributed by atoms with E-state index in [0.29, 0.717) is 19.4 Å². The maximum atomic E-state index is 11.8. The third kappa shape index (κ3) is 4.61. The molecule has 0 aromatic carbocycles. The molecule has 0 fully saturated rings. The summed E-state index contributed by atoms with van der Waals surface area (Å²) in [5.41, 5.74) is 5.00. The van der Waals surface area contributed by atoms with Crippen molar-refractivity contribution in [2.75, 3.05) is 6.54 Å². The lowest BCUT2D eigenvalue weighted by Gasteiger charge is -2.27. The van der Waals surface area contributed by atoms with E-state index < -0.39 is 11.4 Å². The number of carbonyl (C=O) groups is 2. The molecule has 0 heterocycles. The first-order chi connectivity index (χ1) is 7.35. The molecule has 0 bridgehead atoms.